The van der Waals surface area contributed by atoms with Crippen molar-refractivity contribution in [2.45, 2.75) is 19.3 Å². The van der Waals surface area contributed by atoms with E-state index >= 15 is 0 Å². The first-order valence-electron chi connectivity index (χ1n) is 9.58. The summed E-state index contributed by atoms with van der Waals surface area (Å²) in [6.45, 7) is 2.67. The number of hydrogen-bond donors (Lipinski definition) is 1. The Morgan fingerprint density at radius 2 is 1.76 bits per heavy atom. The number of carbonyl (C=O) groups excluding carboxylic acids is 1. The molecule has 0 bridgehead atoms. The van der Waals surface area contributed by atoms with Crippen LogP contribution in [0.1, 0.15) is 18.5 Å². The van der Waals surface area contributed by atoms with Gasteiger partial charge in [-0.3, -0.25) is 9.59 Å². The fraction of sp³-hybridized carbons (Fsp3) is 0.350. The lowest BCUT2D eigenvalue weighted by Crippen LogP contribution is -2.49. The van der Waals surface area contributed by atoms with Gasteiger partial charge in [-0.15, -0.1) is 0 Å². The number of carbonyl (C=O) groups is 1. The molecule has 1 fully saturated rings. The van der Waals surface area contributed by atoms with E-state index in [4.69, 9.17) is 11.6 Å². The molecule has 150 valence electrons. The summed E-state index contributed by atoms with van der Waals surface area (Å²) < 4.78 is 0. The third-order valence-corrected chi connectivity index (χ3v) is 5.30. The van der Waals surface area contributed by atoms with E-state index in [0.29, 0.717) is 61.8 Å². The Bertz CT molecular complexity index is 1060. The maximum Gasteiger partial charge on any atom is 0.272 e. The molecule has 29 heavy (non-hydrogen) atoms. The van der Waals surface area contributed by atoms with Gasteiger partial charge in [0.2, 0.25) is 11.9 Å². The van der Waals surface area contributed by atoms with Crippen molar-refractivity contribution in [1.82, 2.24) is 25.1 Å². The molecule has 0 unspecified atom stereocenters. The number of nitrogens with zero attached hydrogens (tertiary/aromatic N) is 5. The molecular formula is C20H21ClN6O2. The number of aromatic amines is 1. The summed E-state index contributed by atoms with van der Waals surface area (Å²) in [7, 11) is 0. The van der Waals surface area contributed by atoms with Gasteiger partial charge in [-0.1, -0.05) is 29.8 Å². The van der Waals surface area contributed by atoms with Crippen LogP contribution in [0.25, 0.3) is 10.8 Å². The summed E-state index contributed by atoms with van der Waals surface area (Å²) in [6, 6.07) is 7.41. The molecule has 1 aliphatic rings. The summed E-state index contributed by atoms with van der Waals surface area (Å²) in [5.41, 5.74) is 0.626. The zero-order valence-electron chi connectivity index (χ0n) is 15.8. The Labute approximate surface area is 172 Å². The summed E-state index contributed by atoms with van der Waals surface area (Å²) in [6.07, 6.45) is 4.93. The van der Waals surface area contributed by atoms with Gasteiger partial charge in [-0.25, -0.2) is 15.1 Å². The highest BCUT2D eigenvalue weighted by Gasteiger charge is 2.22. The predicted octanol–water partition coefficient (Wildman–Crippen LogP) is 2.04. The molecule has 0 aliphatic carbocycles. The lowest BCUT2D eigenvalue weighted by atomic mass is 10.1. The van der Waals surface area contributed by atoms with Gasteiger partial charge in [0.05, 0.1) is 28.5 Å². The van der Waals surface area contributed by atoms with E-state index in [2.05, 4.69) is 25.1 Å². The van der Waals surface area contributed by atoms with Gasteiger partial charge in [-0.05, 0) is 18.9 Å². The van der Waals surface area contributed by atoms with Crippen LogP contribution in [0.2, 0.25) is 5.02 Å². The zero-order chi connectivity index (χ0) is 20.2. The highest BCUT2D eigenvalue weighted by Crippen LogP contribution is 2.16. The maximum atomic E-state index is 12.6. The molecule has 0 radical (unpaired) electrons. The highest BCUT2D eigenvalue weighted by atomic mass is 35.5. The predicted molar refractivity (Wildman–Crippen MR) is 111 cm³/mol. The molecule has 9 heteroatoms. The summed E-state index contributed by atoms with van der Waals surface area (Å²) in [5.74, 6) is 0.771. The minimum atomic E-state index is -0.192. The molecule has 0 spiro atoms. The monoisotopic (exact) mass is 412 g/mol. The molecule has 4 rings (SSSR count). The average molecular weight is 413 g/mol. The molecule has 0 saturated carbocycles. The van der Waals surface area contributed by atoms with E-state index in [0.717, 1.165) is 11.1 Å². The summed E-state index contributed by atoms with van der Waals surface area (Å²) >= 11 is 5.83. The quantitative estimate of drug-likeness (QED) is 0.689. The Hall–Kier alpha value is -3.00. The number of aryl methyl sites for hydroxylation is 1. The number of amides is 1. The Morgan fingerprint density at radius 1 is 1.07 bits per heavy atom. The van der Waals surface area contributed by atoms with Crippen molar-refractivity contribution in [3.05, 3.63) is 57.7 Å². The van der Waals surface area contributed by atoms with Crippen LogP contribution < -0.4 is 10.5 Å². The second kappa shape index (κ2) is 8.57. The van der Waals surface area contributed by atoms with Crippen LogP contribution in [-0.2, 0) is 11.2 Å². The van der Waals surface area contributed by atoms with Gasteiger partial charge in [0.1, 0.15) is 0 Å². The number of rotatable bonds is 5. The Kier molecular flexibility index (Phi) is 5.71. The topological polar surface area (TPSA) is 95.1 Å². The number of nitrogens with one attached hydrogen (secondary N) is 1. The second-order valence-corrected chi connectivity index (χ2v) is 7.40. The van der Waals surface area contributed by atoms with E-state index in [1.165, 1.54) is 0 Å². The van der Waals surface area contributed by atoms with Crippen LogP contribution >= 0.6 is 11.6 Å². The van der Waals surface area contributed by atoms with Gasteiger partial charge < -0.3 is 9.80 Å². The van der Waals surface area contributed by atoms with Gasteiger partial charge in [0, 0.05) is 38.0 Å². The average Bonchev–Trinajstić information content (AvgIpc) is 2.76. The van der Waals surface area contributed by atoms with E-state index in [1.807, 2.05) is 23.1 Å². The fourth-order valence-electron chi connectivity index (χ4n) is 3.55. The number of benzene rings is 1. The van der Waals surface area contributed by atoms with Crippen molar-refractivity contribution in [3.8, 4) is 0 Å². The van der Waals surface area contributed by atoms with E-state index in [-0.39, 0.29) is 11.5 Å². The van der Waals surface area contributed by atoms with Crippen molar-refractivity contribution < 1.29 is 4.79 Å². The molecule has 1 saturated heterocycles. The van der Waals surface area contributed by atoms with Gasteiger partial charge in [-0.2, -0.15) is 5.10 Å². The molecule has 1 amide bonds. The van der Waals surface area contributed by atoms with E-state index in [1.54, 1.807) is 18.5 Å². The lowest BCUT2D eigenvalue weighted by Gasteiger charge is -2.34. The number of H-pyrrole nitrogens is 1. The third-order valence-electron chi connectivity index (χ3n) is 5.10. The molecule has 1 aromatic carbocycles. The van der Waals surface area contributed by atoms with Gasteiger partial charge in [0.15, 0.2) is 0 Å². The molecule has 1 N–H and O–H groups in total. The van der Waals surface area contributed by atoms with Crippen molar-refractivity contribution >= 4 is 34.2 Å². The number of fused-ring (bicyclic) bond motifs is 1. The number of hydrogen-bond acceptors (Lipinski definition) is 6. The standard InChI is InChI=1S/C20H21ClN6O2/c21-14-12-22-20(23-13-14)27-10-8-26(9-11-27)18(28)7-3-6-17-15-4-1-2-5-16(15)19(29)25-24-17/h1-2,4-5,12-13H,3,6-11H2,(H,25,29). The molecule has 8 nitrogen and oxygen atoms in total. The van der Waals surface area contributed by atoms with Crippen molar-refractivity contribution in [2.24, 2.45) is 0 Å². The molecular weight excluding hydrogens is 392 g/mol. The number of piperazine rings is 1. The van der Waals surface area contributed by atoms with Crippen LogP contribution in [0, 0.1) is 0 Å². The molecule has 3 aromatic rings. The van der Waals surface area contributed by atoms with Crippen molar-refractivity contribution in [2.75, 3.05) is 31.1 Å². The van der Waals surface area contributed by atoms with E-state index < -0.39 is 0 Å². The fourth-order valence-corrected chi connectivity index (χ4v) is 3.65. The normalized spacial score (nSPS) is 14.4. The number of aromatic nitrogens is 4. The largest absolute Gasteiger partial charge is 0.339 e. The zero-order valence-corrected chi connectivity index (χ0v) is 16.6. The van der Waals surface area contributed by atoms with Gasteiger partial charge in [0.25, 0.3) is 5.56 Å². The smallest absolute Gasteiger partial charge is 0.272 e. The Morgan fingerprint density at radius 3 is 2.48 bits per heavy atom. The van der Waals surface area contributed by atoms with Gasteiger partial charge >= 0.3 is 0 Å². The Balaban J connectivity index is 1.29. The maximum absolute atomic E-state index is 12.6. The van der Waals surface area contributed by atoms with Crippen LogP contribution in [0.15, 0.2) is 41.5 Å². The number of anilines is 1. The van der Waals surface area contributed by atoms with E-state index in [9.17, 15) is 9.59 Å². The summed E-state index contributed by atoms with van der Waals surface area (Å²) in [5, 5.41) is 8.70. The van der Waals surface area contributed by atoms with Crippen LogP contribution in [0.5, 0.6) is 0 Å². The second-order valence-electron chi connectivity index (χ2n) is 6.97. The highest BCUT2D eigenvalue weighted by molar-refractivity contribution is 6.30. The van der Waals surface area contributed by atoms with Crippen LogP contribution in [0.3, 0.4) is 0 Å². The van der Waals surface area contributed by atoms with Crippen molar-refractivity contribution in [1.29, 1.82) is 0 Å². The van der Waals surface area contributed by atoms with Crippen molar-refractivity contribution in [3.63, 3.8) is 0 Å². The lowest BCUT2D eigenvalue weighted by molar-refractivity contribution is -0.131. The van der Waals surface area contributed by atoms with Crippen LogP contribution in [-0.4, -0.2) is 57.2 Å². The summed E-state index contributed by atoms with van der Waals surface area (Å²) in [4.78, 5) is 36.8. The van der Waals surface area contributed by atoms with Crippen LogP contribution in [0.4, 0.5) is 5.95 Å². The molecule has 1 aliphatic heterocycles. The molecule has 3 heterocycles. The SMILES string of the molecule is O=C(CCCc1n[nH]c(=O)c2ccccc12)N1CCN(c2ncc(Cl)cn2)CC1. The molecule has 2 aromatic heterocycles. The first-order chi connectivity index (χ1) is 14.1. The third kappa shape index (κ3) is 4.37. The minimum absolute atomic E-state index is 0.135. The first-order valence-corrected chi connectivity index (χ1v) is 9.96. The first kappa shape index (κ1) is 19.3. The number of halogens is 1. The minimum Gasteiger partial charge on any atom is -0.339 e. The molecule has 0 atom stereocenters.